The van der Waals surface area contributed by atoms with E-state index < -0.39 is 0 Å². The Labute approximate surface area is 126 Å². The third kappa shape index (κ3) is 3.93. The lowest BCUT2D eigenvalue weighted by molar-refractivity contribution is 0.546. The van der Waals surface area contributed by atoms with E-state index in [1.807, 2.05) is 25.1 Å². The lowest BCUT2D eigenvalue weighted by atomic mass is 10.0. The molecule has 1 nitrogen and oxygen atoms in total. The summed E-state index contributed by atoms with van der Waals surface area (Å²) in [5.41, 5.74) is 0.897. The van der Waals surface area contributed by atoms with Crippen LogP contribution in [0.2, 0.25) is 9.36 Å². The van der Waals surface area contributed by atoms with Crippen molar-refractivity contribution in [3.63, 3.8) is 0 Å². The molecule has 0 fully saturated rings. The van der Waals surface area contributed by atoms with Gasteiger partial charge in [-0.3, -0.25) is 0 Å². The highest BCUT2D eigenvalue weighted by molar-refractivity contribution is 7.16. The standard InChI is InChI=1S/C14H14Cl2FNS/c1-2-18-13(8-10-4-6-14(16)19-10)9-3-5-11(15)12(17)7-9/h3-7,13,18H,2,8H2,1H3. The molecule has 1 heterocycles. The van der Waals surface area contributed by atoms with Gasteiger partial charge in [0.15, 0.2) is 0 Å². The minimum absolute atomic E-state index is 0.0616. The average Bonchev–Trinajstić information content (AvgIpc) is 2.78. The minimum atomic E-state index is -0.383. The number of hydrogen-bond acceptors (Lipinski definition) is 2. The van der Waals surface area contributed by atoms with Crippen molar-refractivity contribution in [2.45, 2.75) is 19.4 Å². The molecule has 5 heteroatoms. The van der Waals surface area contributed by atoms with Gasteiger partial charge in [0.2, 0.25) is 0 Å². The summed E-state index contributed by atoms with van der Waals surface area (Å²) in [6, 6.07) is 8.89. The zero-order chi connectivity index (χ0) is 13.8. The number of benzene rings is 1. The van der Waals surface area contributed by atoms with Crippen molar-refractivity contribution in [2.75, 3.05) is 6.54 Å². The second kappa shape index (κ2) is 6.71. The summed E-state index contributed by atoms with van der Waals surface area (Å²) < 4.78 is 14.3. The highest BCUT2D eigenvalue weighted by Gasteiger charge is 2.14. The zero-order valence-electron chi connectivity index (χ0n) is 10.4. The lowest BCUT2D eigenvalue weighted by Gasteiger charge is -2.18. The summed E-state index contributed by atoms with van der Waals surface area (Å²) in [5.74, 6) is -0.383. The number of halogens is 3. The summed E-state index contributed by atoms with van der Waals surface area (Å²) in [4.78, 5) is 1.17. The quantitative estimate of drug-likeness (QED) is 0.810. The average molecular weight is 318 g/mol. The van der Waals surface area contributed by atoms with Gasteiger partial charge in [0.1, 0.15) is 5.82 Å². The number of likely N-dealkylation sites (N-methyl/N-ethyl adjacent to an activating group) is 1. The minimum Gasteiger partial charge on any atom is -0.310 e. The van der Waals surface area contributed by atoms with Gasteiger partial charge in [-0.25, -0.2) is 4.39 Å². The molecule has 0 bridgehead atoms. The van der Waals surface area contributed by atoms with Gasteiger partial charge in [0.05, 0.1) is 9.36 Å². The second-order valence-electron chi connectivity index (χ2n) is 4.19. The number of nitrogens with one attached hydrogen (secondary N) is 1. The molecule has 0 saturated heterocycles. The van der Waals surface area contributed by atoms with Gasteiger partial charge in [-0.15, -0.1) is 11.3 Å². The van der Waals surface area contributed by atoms with Crippen LogP contribution in [0.1, 0.15) is 23.4 Å². The first-order valence-electron chi connectivity index (χ1n) is 6.02. The molecule has 2 aromatic rings. The molecule has 0 spiro atoms. The van der Waals surface area contributed by atoms with Crippen LogP contribution in [-0.4, -0.2) is 6.54 Å². The van der Waals surface area contributed by atoms with Crippen molar-refractivity contribution >= 4 is 34.5 Å². The van der Waals surface area contributed by atoms with E-state index in [1.54, 1.807) is 17.4 Å². The van der Waals surface area contributed by atoms with E-state index >= 15 is 0 Å². The molecule has 2 rings (SSSR count). The predicted octanol–water partition coefficient (Wildman–Crippen LogP) is 5.09. The molecule has 19 heavy (non-hydrogen) atoms. The van der Waals surface area contributed by atoms with Gasteiger partial charge in [-0.2, -0.15) is 0 Å². The number of hydrogen-bond donors (Lipinski definition) is 1. The van der Waals surface area contributed by atoms with E-state index in [1.165, 1.54) is 10.9 Å². The molecule has 0 aliphatic heterocycles. The maximum Gasteiger partial charge on any atom is 0.142 e. The highest BCUT2D eigenvalue weighted by atomic mass is 35.5. The first-order valence-corrected chi connectivity index (χ1v) is 7.60. The Hall–Kier alpha value is -0.610. The van der Waals surface area contributed by atoms with E-state index in [4.69, 9.17) is 23.2 Å². The Bertz CT molecular complexity index is 556. The normalized spacial score (nSPS) is 12.6. The van der Waals surface area contributed by atoms with Crippen molar-refractivity contribution in [1.29, 1.82) is 0 Å². The molecular weight excluding hydrogens is 304 g/mol. The lowest BCUT2D eigenvalue weighted by Crippen LogP contribution is -2.22. The Kier molecular flexibility index (Phi) is 5.22. The van der Waals surface area contributed by atoms with Crippen molar-refractivity contribution in [3.8, 4) is 0 Å². The summed E-state index contributed by atoms with van der Waals surface area (Å²) in [6.45, 7) is 2.84. The Morgan fingerprint density at radius 3 is 2.63 bits per heavy atom. The van der Waals surface area contributed by atoms with Crippen LogP contribution in [0.4, 0.5) is 4.39 Å². The molecule has 0 aliphatic rings. The van der Waals surface area contributed by atoms with Crippen LogP contribution in [0.5, 0.6) is 0 Å². The third-order valence-corrected chi connectivity index (χ3v) is 4.39. The molecular formula is C14H14Cl2FNS. The van der Waals surface area contributed by atoms with Crippen LogP contribution < -0.4 is 5.32 Å². The fourth-order valence-electron chi connectivity index (χ4n) is 1.95. The molecule has 1 aromatic carbocycles. The molecule has 1 unspecified atom stereocenters. The molecule has 1 atom stereocenters. The highest BCUT2D eigenvalue weighted by Crippen LogP contribution is 2.28. The molecule has 102 valence electrons. The maximum atomic E-state index is 13.5. The van der Waals surface area contributed by atoms with Crippen LogP contribution in [0.25, 0.3) is 0 Å². The third-order valence-electron chi connectivity index (χ3n) is 2.83. The summed E-state index contributed by atoms with van der Waals surface area (Å²) >= 11 is 13.2. The van der Waals surface area contributed by atoms with E-state index in [9.17, 15) is 4.39 Å². The Morgan fingerprint density at radius 1 is 1.26 bits per heavy atom. The van der Waals surface area contributed by atoms with Crippen LogP contribution in [0.3, 0.4) is 0 Å². The van der Waals surface area contributed by atoms with Crippen LogP contribution >= 0.6 is 34.5 Å². The SMILES string of the molecule is CCNC(Cc1ccc(Cl)s1)c1ccc(Cl)c(F)c1. The van der Waals surface area contributed by atoms with Gasteiger partial charge < -0.3 is 5.32 Å². The summed E-state index contributed by atoms with van der Waals surface area (Å²) in [6.07, 6.45) is 0.784. The van der Waals surface area contributed by atoms with Crippen molar-refractivity contribution in [1.82, 2.24) is 5.32 Å². The van der Waals surface area contributed by atoms with Crippen LogP contribution in [0, 0.1) is 5.82 Å². The van der Waals surface area contributed by atoms with Gasteiger partial charge in [0, 0.05) is 17.3 Å². The number of rotatable bonds is 5. The molecule has 0 saturated carbocycles. The Balaban J connectivity index is 2.21. The summed E-state index contributed by atoms with van der Waals surface area (Å²) in [7, 11) is 0. The van der Waals surface area contributed by atoms with Gasteiger partial charge in [-0.05, 0) is 36.4 Å². The van der Waals surface area contributed by atoms with Crippen LogP contribution in [-0.2, 0) is 6.42 Å². The second-order valence-corrected chi connectivity index (χ2v) is 6.40. The van der Waals surface area contributed by atoms with E-state index in [-0.39, 0.29) is 16.9 Å². The zero-order valence-corrected chi connectivity index (χ0v) is 12.7. The maximum absolute atomic E-state index is 13.5. The van der Waals surface area contributed by atoms with Crippen molar-refractivity contribution in [2.24, 2.45) is 0 Å². The molecule has 0 aliphatic carbocycles. The van der Waals surface area contributed by atoms with Crippen molar-refractivity contribution in [3.05, 3.63) is 55.9 Å². The molecule has 1 N–H and O–H groups in total. The first kappa shape index (κ1) is 14.8. The predicted molar refractivity (Wildman–Crippen MR) is 80.9 cm³/mol. The van der Waals surface area contributed by atoms with Crippen molar-refractivity contribution < 1.29 is 4.39 Å². The Morgan fingerprint density at radius 2 is 2.05 bits per heavy atom. The van der Waals surface area contributed by atoms with Gasteiger partial charge in [0.25, 0.3) is 0 Å². The fraction of sp³-hybridized carbons (Fsp3) is 0.286. The smallest absolute Gasteiger partial charge is 0.142 e. The van der Waals surface area contributed by atoms with Gasteiger partial charge >= 0.3 is 0 Å². The number of thiophene rings is 1. The van der Waals surface area contributed by atoms with Gasteiger partial charge in [-0.1, -0.05) is 36.2 Å². The topological polar surface area (TPSA) is 12.0 Å². The van der Waals surface area contributed by atoms with E-state index in [2.05, 4.69) is 5.32 Å². The molecule has 0 amide bonds. The molecule has 0 radical (unpaired) electrons. The van der Waals surface area contributed by atoms with E-state index in [0.29, 0.717) is 0 Å². The van der Waals surface area contributed by atoms with E-state index in [0.717, 1.165) is 22.9 Å². The summed E-state index contributed by atoms with van der Waals surface area (Å²) in [5, 5.41) is 3.51. The largest absolute Gasteiger partial charge is 0.310 e. The molecule has 1 aromatic heterocycles. The first-order chi connectivity index (χ1) is 9.10. The van der Waals surface area contributed by atoms with Crippen LogP contribution in [0.15, 0.2) is 30.3 Å². The fourth-order valence-corrected chi connectivity index (χ4v) is 3.20. The monoisotopic (exact) mass is 317 g/mol.